The molecule has 0 fully saturated rings. The Hall–Kier alpha value is -5.76. The highest BCUT2D eigenvalue weighted by Crippen LogP contribution is 2.29. The molecule has 0 saturated carbocycles. The summed E-state index contributed by atoms with van der Waals surface area (Å²) in [6, 6.07) is 6.56. The first-order chi connectivity index (χ1) is 36.3. The molecule has 0 aliphatic rings. The summed E-state index contributed by atoms with van der Waals surface area (Å²) in [6.07, 6.45) is -13.1. The van der Waals surface area contributed by atoms with Gasteiger partial charge in [0, 0.05) is 50.6 Å². The van der Waals surface area contributed by atoms with E-state index in [0.29, 0.717) is 0 Å². The Kier molecular flexibility index (Phi) is 23.2. The lowest BCUT2D eigenvalue weighted by Gasteiger charge is -2.30. The minimum Gasteiger partial charge on any atom is -0.394 e. The predicted octanol–water partition coefficient (Wildman–Crippen LogP) is -4.67. The van der Waals surface area contributed by atoms with Gasteiger partial charge in [0.15, 0.2) is 0 Å². The molecular formula is C40H60N12O22S4. The SMILES string of the molecule is CCN(CC(O)C(O)C(O)C(O)CO)c1nc(NCCS(=O)(=O)O)nc(Nc2ccc(/C=C/c3ccc(Nc4nc(NCCS(=O)(=O)O)nc(N(CC)CC(O)C(O)C(O)C(O)CO)n4)cc3S(=O)(=O)O)c(S(=O)(=O)O)c2)n1. The topological polar surface area (TPSA) is 552 Å². The molecule has 0 aliphatic heterocycles. The van der Waals surface area contributed by atoms with Crippen LogP contribution in [0.3, 0.4) is 0 Å². The second-order valence-corrected chi connectivity index (χ2v) is 22.6. The molecule has 436 valence electrons. The van der Waals surface area contributed by atoms with Gasteiger partial charge in [0.2, 0.25) is 35.7 Å². The van der Waals surface area contributed by atoms with Crippen LogP contribution in [-0.2, 0) is 40.5 Å². The molecule has 38 heteroatoms. The van der Waals surface area contributed by atoms with E-state index in [-0.39, 0.29) is 71.3 Å². The minimum atomic E-state index is -5.13. The van der Waals surface area contributed by atoms with Crippen molar-refractivity contribution in [1.29, 1.82) is 0 Å². The third-order valence-electron chi connectivity index (χ3n) is 10.9. The maximum atomic E-state index is 12.8. The largest absolute Gasteiger partial charge is 0.394 e. The van der Waals surface area contributed by atoms with Crippen molar-refractivity contribution < 1.29 is 103 Å². The van der Waals surface area contributed by atoms with E-state index in [1.54, 1.807) is 13.8 Å². The van der Waals surface area contributed by atoms with Gasteiger partial charge in [-0.1, -0.05) is 24.3 Å². The van der Waals surface area contributed by atoms with Gasteiger partial charge in [-0.2, -0.15) is 63.6 Å². The summed E-state index contributed by atoms with van der Waals surface area (Å²) in [5.41, 5.74) is -0.810. The van der Waals surface area contributed by atoms with Crippen LogP contribution in [0.15, 0.2) is 46.2 Å². The molecule has 0 amide bonds. The molecule has 34 nitrogen and oxygen atoms in total. The zero-order valence-electron chi connectivity index (χ0n) is 41.0. The smallest absolute Gasteiger partial charge is 0.295 e. The fraction of sp³-hybridized carbons (Fsp3) is 0.500. The lowest BCUT2D eigenvalue weighted by molar-refractivity contribution is -0.112. The summed E-state index contributed by atoms with van der Waals surface area (Å²) in [7, 11) is -19.2. The van der Waals surface area contributed by atoms with E-state index < -0.39 is 150 Å². The maximum absolute atomic E-state index is 12.8. The molecule has 78 heavy (non-hydrogen) atoms. The molecule has 0 spiro atoms. The summed E-state index contributed by atoms with van der Waals surface area (Å²) in [5.74, 6) is -3.65. The van der Waals surface area contributed by atoms with Crippen LogP contribution in [0.1, 0.15) is 25.0 Å². The Bertz CT molecular complexity index is 2950. The van der Waals surface area contributed by atoms with Gasteiger partial charge >= 0.3 is 0 Å². The van der Waals surface area contributed by atoms with Crippen molar-refractivity contribution in [3.8, 4) is 0 Å². The number of likely N-dealkylation sites (N-methyl/N-ethyl adjacent to an activating group) is 2. The maximum Gasteiger partial charge on any atom is 0.295 e. The van der Waals surface area contributed by atoms with Crippen molar-refractivity contribution in [2.24, 2.45) is 0 Å². The molecule has 8 atom stereocenters. The highest BCUT2D eigenvalue weighted by atomic mass is 32.2. The molecule has 4 aromatic rings. The number of hydrogen-bond acceptors (Lipinski definition) is 30. The molecule has 0 saturated heterocycles. The van der Waals surface area contributed by atoms with E-state index in [0.717, 1.165) is 36.4 Å². The van der Waals surface area contributed by atoms with Crippen LogP contribution in [0.4, 0.5) is 47.1 Å². The first kappa shape index (κ1) is 64.8. The number of hydrogen-bond donors (Lipinski definition) is 18. The highest BCUT2D eigenvalue weighted by Gasteiger charge is 2.33. The number of benzene rings is 2. The Balaban J connectivity index is 1.71. The quantitative estimate of drug-likeness (QED) is 0.0161. The van der Waals surface area contributed by atoms with E-state index in [4.69, 9.17) is 10.2 Å². The first-order valence-corrected chi connectivity index (χ1v) is 28.9. The zero-order valence-corrected chi connectivity index (χ0v) is 44.3. The standard InChI is InChI=1S/C40H60N12O22S4/c1-3-51(17-25(55)31(59)33(61)27(57)19-53)39-47-35(41-11-13-75(63,64)65)45-37(49-39)43-23-9-7-21(29(15-23)77(69,70)71)5-6-22-8-10-24(16-30(22)78(72,73)74)44-38-46-36(42-12-14-76(66,67)68)48-40(50-38)52(4-2)18-26(56)32(60)34(62)28(58)20-54/h5-10,15-16,25-28,31-34,53-62H,3-4,11-14,17-20H2,1-2H3,(H,63,64,65)(H,66,67,68)(H,69,70,71)(H,72,73,74)(H2,41,43,45,47,49)(H2,42,44,46,48,50)/b6-5+. The predicted molar refractivity (Wildman–Crippen MR) is 275 cm³/mol. The Morgan fingerprint density at radius 1 is 0.487 bits per heavy atom. The molecule has 2 heterocycles. The normalized spacial score (nSPS) is 15.6. The van der Waals surface area contributed by atoms with Crippen molar-refractivity contribution >= 4 is 99.7 Å². The van der Waals surface area contributed by atoms with Gasteiger partial charge in [0.1, 0.15) is 58.6 Å². The third kappa shape index (κ3) is 19.6. The van der Waals surface area contributed by atoms with Crippen LogP contribution in [-0.4, -0.2) is 246 Å². The van der Waals surface area contributed by atoms with Crippen LogP contribution in [0.2, 0.25) is 0 Å². The van der Waals surface area contributed by atoms with Crippen LogP contribution in [0.5, 0.6) is 0 Å². The lowest BCUT2D eigenvalue weighted by atomic mass is 10.0. The highest BCUT2D eigenvalue weighted by molar-refractivity contribution is 7.86. The number of aliphatic hydroxyl groups is 10. The van der Waals surface area contributed by atoms with Crippen molar-refractivity contribution in [3.05, 3.63) is 47.5 Å². The van der Waals surface area contributed by atoms with Crippen LogP contribution in [0, 0.1) is 0 Å². The van der Waals surface area contributed by atoms with Gasteiger partial charge in [-0.15, -0.1) is 0 Å². The number of rotatable bonds is 32. The van der Waals surface area contributed by atoms with Crippen LogP contribution < -0.4 is 31.1 Å². The van der Waals surface area contributed by atoms with Gasteiger partial charge in [0.25, 0.3) is 40.5 Å². The fourth-order valence-corrected chi connectivity index (χ4v) is 8.89. The van der Waals surface area contributed by atoms with Crippen molar-refractivity contribution in [2.75, 3.05) is 95.1 Å². The van der Waals surface area contributed by atoms with Gasteiger partial charge in [-0.25, -0.2) is 0 Å². The number of aliphatic hydroxyl groups excluding tert-OH is 10. The summed E-state index contributed by atoms with van der Waals surface area (Å²) in [4.78, 5) is 25.9. The number of aromatic nitrogens is 6. The molecule has 18 N–H and O–H groups in total. The second kappa shape index (κ2) is 27.9. The summed E-state index contributed by atoms with van der Waals surface area (Å²) in [6.45, 7) is -0.792. The number of anilines is 8. The summed E-state index contributed by atoms with van der Waals surface area (Å²) in [5, 5.41) is 111. The van der Waals surface area contributed by atoms with E-state index in [2.05, 4.69) is 51.2 Å². The van der Waals surface area contributed by atoms with Crippen molar-refractivity contribution in [1.82, 2.24) is 29.9 Å². The van der Waals surface area contributed by atoms with Gasteiger partial charge in [-0.3, -0.25) is 18.2 Å². The lowest BCUT2D eigenvalue weighted by Crippen LogP contribution is -2.50. The van der Waals surface area contributed by atoms with Gasteiger partial charge in [0.05, 0.1) is 24.7 Å². The second-order valence-electron chi connectivity index (χ2n) is 16.7. The molecule has 0 aliphatic carbocycles. The van der Waals surface area contributed by atoms with Crippen LogP contribution >= 0.6 is 0 Å². The Labute approximate surface area is 445 Å². The average molecular weight is 1190 g/mol. The van der Waals surface area contributed by atoms with Crippen LogP contribution in [0.25, 0.3) is 12.2 Å². The number of nitrogens with zero attached hydrogens (tertiary/aromatic N) is 8. The Morgan fingerprint density at radius 3 is 1.10 bits per heavy atom. The molecule has 0 bridgehead atoms. The first-order valence-electron chi connectivity index (χ1n) is 22.8. The van der Waals surface area contributed by atoms with E-state index in [1.165, 1.54) is 21.9 Å². The molecule has 4 rings (SSSR count). The molecule has 0 radical (unpaired) electrons. The average Bonchev–Trinajstić information content (AvgIpc) is 3.36. The monoisotopic (exact) mass is 1190 g/mol. The molecule has 2 aromatic carbocycles. The third-order valence-corrected chi connectivity index (χ3v) is 14.1. The van der Waals surface area contributed by atoms with Crippen molar-refractivity contribution in [2.45, 2.75) is 72.5 Å². The van der Waals surface area contributed by atoms with Gasteiger partial charge < -0.3 is 82.1 Å². The van der Waals surface area contributed by atoms with Gasteiger partial charge in [-0.05, 0) is 49.2 Å². The minimum absolute atomic E-state index is 0.0153. The summed E-state index contributed by atoms with van der Waals surface area (Å²) < 4.78 is 136. The molecular weight excluding hydrogens is 1130 g/mol. The fourth-order valence-electron chi connectivity index (χ4n) is 6.75. The zero-order chi connectivity index (χ0) is 58.5. The van der Waals surface area contributed by atoms with E-state index in [9.17, 15) is 92.7 Å². The Morgan fingerprint density at radius 2 is 0.808 bits per heavy atom. The number of nitrogens with one attached hydrogen (secondary N) is 4. The van der Waals surface area contributed by atoms with Crippen molar-refractivity contribution in [3.63, 3.8) is 0 Å². The molecule has 2 aromatic heterocycles. The summed E-state index contributed by atoms with van der Waals surface area (Å²) >= 11 is 0. The van der Waals surface area contributed by atoms with E-state index >= 15 is 0 Å². The van der Waals surface area contributed by atoms with E-state index in [1.807, 2.05) is 0 Å². The molecule has 8 unspecified atom stereocenters.